The summed E-state index contributed by atoms with van der Waals surface area (Å²) in [4.78, 5) is 10.6. The summed E-state index contributed by atoms with van der Waals surface area (Å²) in [5.41, 5.74) is 3.77. The molecule has 0 atom stereocenters. The zero-order chi connectivity index (χ0) is 9.91. The van der Waals surface area contributed by atoms with Gasteiger partial charge in [-0.3, -0.25) is 4.79 Å². The Morgan fingerprint density at radius 2 is 1.69 bits per heavy atom. The fraction of sp³-hybridized carbons (Fsp3) is 0.875. The summed E-state index contributed by atoms with van der Waals surface area (Å²) in [6.45, 7) is 0. The Bertz CT molecular complexity index is 261. The van der Waals surface area contributed by atoms with Crippen molar-refractivity contribution in [3.05, 3.63) is 0 Å². The molecule has 0 radical (unpaired) electrons. The lowest BCUT2D eigenvalue weighted by atomic mass is 9.47. The summed E-state index contributed by atoms with van der Waals surface area (Å²) in [6, 6.07) is 0. The number of hydrogen-bond acceptors (Lipinski definition) is 2. The summed E-state index contributed by atoms with van der Waals surface area (Å²) in [7, 11) is 0. The highest BCUT2D eigenvalue weighted by atomic mass is 19.3. The van der Waals surface area contributed by atoms with E-state index in [1.165, 1.54) is 0 Å². The van der Waals surface area contributed by atoms with Gasteiger partial charge >= 0.3 is 5.97 Å². The number of carbonyl (C=O) groups is 1. The molecule has 0 amide bonds. The first-order valence-corrected chi connectivity index (χ1v) is 4.17. The normalized spacial score (nSPS) is 31.9. The third kappa shape index (κ3) is 1.14. The standard InChI is InChI=1S/C8H11F2NO2/c9-8(10)3-6(4-8)1-7(11,2-6)5(12)13/h1-4,11H2,(H,12,13). The Hall–Kier alpha value is -0.710. The average molecular weight is 191 g/mol. The predicted octanol–water partition coefficient (Wildman–Crippen LogP) is 0.978. The molecule has 5 heteroatoms. The second-order valence-electron chi connectivity index (χ2n) is 4.52. The maximum Gasteiger partial charge on any atom is 0.323 e. The van der Waals surface area contributed by atoms with Gasteiger partial charge in [-0.2, -0.15) is 0 Å². The van der Waals surface area contributed by atoms with Crippen molar-refractivity contribution < 1.29 is 18.7 Å². The largest absolute Gasteiger partial charge is 0.480 e. The maximum absolute atomic E-state index is 12.5. The number of rotatable bonds is 1. The third-order valence-electron chi connectivity index (χ3n) is 3.07. The van der Waals surface area contributed by atoms with E-state index in [4.69, 9.17) is 10.8 Å². The van der Waals surface area contributed by atoms with E-state index >= 15 is 0 Å². The molecule has 0 heterocycles. The Morgan fingerprint density at radius 1 is 1.23 bits per heavy atom. The molecule has 0 unspecified atom stereocenters. The van der Waals surface area contributed by atoms with Gasteiger partial charge in [0.05, 0.1) is 0 Å². The van der Waals surface area contributed by atoms with Crippen LogP contribution in [0.1, 0.15) is 25.7 Å². The van der Waals surface area contributed by atoms with Crippen molar-refractivity contribution in [2.75, 3.05) is 0 Å². The fourth-order valence-electron chi connectivity index (χ4n) is 2.73. The molecule has 0 aromatic rings. The molecule has 13 heavy (non-hydrogen) atoms. The van der Waals surface area contributed by atoms with Gasteiger partial charge in [-0.1, -0.05) is 0 Å². The lowest BCUT2D eigenvalue weighted by Gasteiger charge is -2.60. The molecule has 74 valence electrons. The monoisotopic (exact) mass is 191 g/mol. The molecule has 2 aliphatic rings. The minimum absolute atomic E-state index is 0.188. The molecule has 2 aliphatic carbocycles. The van der Waals surface area contributed by atoms with Crippen LogP contribution in [0.4, 0.5) is 8.78 Å². The Balaban J connectivity index is 1.96. The van der Waals surface area contributed by atoms with Gasteiger partial charge in [0.25, 0.3) is 0 Å². The number of aliphatic carboxylic acids is 1. The fourth-order valence-corrected chi connectivity index (χ4v) is 2.73. The summed E-state index contributed by atoms with van der Waals surface area (Å²) in [5, 5.41) is 8.66. The van der Waals surface area contributed by atoms with E-state index in [0.29, 0.717) is 0 Å². The summed E-state index contributed by atoms with van der Waals surface area (Å²) in [6.07, 6.45) is 0.0221. The van der Waals surface area contributed by atoms with E-state index in [-0.39, 0.29) is 25.7 Å². The molecule has 0 aromatic heterocycles. The molecule has 0 saturated heterocycles. The molecule has 2 fully saturated rings. The van der Waals surface area contributed by atoms with Gasteiger partial charge in [-0.25, -0.2) is 8.78 Å². The Morgan fingerprint density at radius 3 is 2.00 bits per heavy atom. The molecular weight excluding hydrogens is 180 g/mol. The molecule has 0 bridgehead atoms. The number of carboxylic acid groups (broad SMARTS) is 1. The van der Waals surface area contributed by atoms with E-state index in [2.05, 4.69) is 0 Å². The lowest BCUT2D eigenvalue weighted by molar-refractivity contribution is -0.217. The minimum atomic E-state index is -2.58. The van der Waals surface area contributed by atoms with Gasteiger partial charge in [0.2, 0.25) is 5.92 Å². The first kappa shape index (κ1) is 8.87. The number of nitrogens with two attached hydrogens (primary N) is 1. The van der Waals surface area contributed by atoms with Crippen molar-refractivity contribution >= 4 is 5.97 Å². The predicted molar refractivity (Wildman–Crippen MR) is 40.4 cm³/mol. The first-order valence-electron chi connectivity index (χ1n) is 4.17. The van der Waals surface area contributed by atoms with E-state index in [0.717, 1.165) is 0 Å². The second kappa shape index (κ2) is 2.03. The zero-order valence-electron chi connectivity index (χ0n) is 7.02. The summed E-state index contributed by atoms with van der Waals surface area (Å²) < 4.78 is 25.0. The first-order chi connectivity index (χ1) is 5.77. The molecule has 2 saturated carbocycles. The van der Waals surface area contributed by atoms with Crippen molar-refractivity contribution in [2.24, 2.45) is 11.1 Å². The van der Waals surface area contributed by atoms with Gasteiger partial charge in [0.15, 0.2) is 0 Å². The lowest BCUT2D eigenvalue weighted by Crippen LogP contribution is -2.68. The van der Waals surface area contributed by atoms with Gasteiger partial charge < -0.3 is 10.8 Å². The highest BCUT2D eigenvalue weighted by molar-refractivity contribution is 5.80. The van der Waals surface area contributed by atoms with Crippen LogP contribution in [-0.2, 0) is 4.79 Å². The van der Waals surface area contributed by atoms with Crippen LogP contribution in [0, 0.1) is 5.41 Å². The smallest absolute Gasteiger partial charge is 0.323 e. The van der Waals surface area contributed by atoms with Gasteiger partial charge in [-0.15, -0.1) is 0 Å². The van der Waals surface area contributed by atoms with Crippen LogP contribution >= 0.6 is 0 Å². The highest BCUT2D eigenvalue weighted by Gasteiger charge is 2.67. The second-order valence-corrected chi connectivity index (χ2v) is 4.52. The van der Waals surface area contributed by atoms with Crippen LogP contribution in [0.2, 0.25) is 0 Å². The maximum atomic E-state index is 12.5. The number of halogens is 2. The van der Waals surface area contributed by atoms with Crippen LogP contribution in [0.5, 0.6) is 0 Å². The van der Waals surface area contributed by atoms with E-state index < -0.39 is 22.8 Å². The molecule has 3 N–H and O–H groups in total. The molecule has 1 spiro atoms. The van der Waals surface area contributed by atoms with Crippen molar-refractivity contribution in [1.82, 2.24) is 0 Å². The summed E-state index contributed by atoms with van der Waals surface area (Å²) >= 11 is 0. The van der Waals surface area contributed by atoms with Crippen LogP contribution in [0.15, 0.2) is 0 Å². The van der Waals surface area contributed by atoms with Gasteiger partial charge in [-0.05, 0) is 18.3 Å². The molecule has 2 rings (SSSR count). The number of hydrogen-bond donors (Lipinski definition) is 2. The quantitative estimate of drug-likeness (QED) is 0.649. The number of carboxylic acids is 1. The van der Waals surface area contributed by atoms with Crippen LogP contribution in [0.3, 0.4) is 0 Å². The molecular formula is C8H11F2NO2. The van der Waals surface area contributed by atoms with Crippen LogP contribution in [0.25, 0.3) is 0 Å². The Kier molecular flexibility index (Phi) is 1.38. The van der Waals surface area contributed by atoms with E-state index in [1.54, 1.807) is 0 Å². The number of alkyl halides is 2. The molecule has 0 aromatic carbocycles. The van der Waals surface area contributed by atoms with Crippen LogP contribution in [-0.4, -0.2) is 22.5 Å². The Labute approximate surface area is 73.9 Å². The molecule has 0 aliphatic heterocycles. The van der Waals surface area contributed by atoms with Crippen LogP contribution < -0.4 is 5.73 Å². The molecule has 3 nitrogen and oxygen atoms in total. The van der Waals surface area contributed by atoms with E-state index in [9.17, 15) is 13.6 Å². The minimum Gasteiger partial charge on any atom is -0.480 e. The van der Waals surface area contributed by atoms with Gasteiger partial charge in [0, 0.05) is 12.8 Å². The third-order valence-corrected chi connectivity index (χ3v) is 3.07. The van der Waals surface area contributed by atoms with Crippen molar-refractivity contribution in [3.63, 3.8) is 0 Å². The highest BCUT2D eigenvalue weighted by Crippen LogP contribution is 2.65. The SMILES string of the molecule is NC1(C(=O)O)CC2(CC(F)(F)C2)C1. The van der Waals surface area contributed by atoms with Gasteiger partial charge in [0.1, 0.15) is 5.54 Å². The average Bonchev–Trinajstić information content (AvgIpc) is 1.78. The van der Waals surface area contributed by atoms with Crippen molar-refractivity contribution in [3.8, 4) is 0 Å². The summed E-state index contributed by atoms with van der Waals surface area (Å²) in [5.74, 6) is -3.66. The zero-order valence-corrected chi connectivity index (χ0v) is 7.02. The van der Waals surface area contributed by atoms with Crippen molar-refractivity contribution in [2.45, 2.75) is 37.1 Å². The van der Waals surface area contributed by atoms with Crippen molar-refractivity contribution in [1.29, 1.82) is 0 Å². The van der Waals surface area contributed by atoms with E-state index in [1.807, 2.05) is 0 Å². The topological polar surface area (TPSA) is 63.3 Å².